The molecule has 0 radical (unpaired) electrons. The molecule has 2 heterocycles. The molecule has 2 aromatic heterocycles. The zero-order valence-corrected chi connectivity index (χ0v) is 15.8. The molecule has 0 aliphatic carbocycles. The van der Waals surface area contributed by atoms with Gasteiger partial charge >= 0.3 is 0 Å². The molecule has 136 valence electrons. The first-order valence-corrected chi connectivity index (χ1v) is 8.83. The van der Waals surface area contributed by atoms with Gasteiger partial charge in [0.25, 0.3) is 11.5 Å². The van der Waals surface area contributed by atoms with E-state index in [0.717, 1.165) is 0 Å². The summed E-state index contributed by atoms with van der Waals surface area (Å²) in [6.45, 7) is 4.17. The molecule has 0 spiro atoms. The van der Waals surface area contributed by atoms with E-state index >= 15 is 0 Å². The average Bonchev–Trinajstić information content (AvgIpc) is 3.00. The average molecular weight is 373 g/mol. The first kappa shape index (κ1) is 17.9. The Hall–Kier alpha value is -2.87. The van der Waals surface area contributed by atoms with Crippen LogP contribution in [0.25, 0.3) is 10.2 Å². The van der Waals surface area contributed by atoms with Crippen LogP contribution < -0.4 is 20.3 Å². The van der Waals surface area contributed by atoms with Gasteiger partial charge in [0.1, 0.15) is 16.3 Å². The minimum absolute atomic E-state index is 0.132. The molecule has 0 aliphatic rings. The van der Waals surface area contributed by atoms with Gasteiger partial charge in [-0.05, 0) is 31.5 Å². The molecule has 26 heavy (non-hydrogen) atoms. The summed E-state index contributed by atoms with van der Waals surface area (Å²) in [4.78, 5) is 30.6. The Morgan fingerprint density at radius 2 is 2.08 bits per heavy atom. The molecule has 3 aromatic rings. The summed E-state index contributed by atoms with van der Waals surface area (Å²) in [5.41, 5.74) is 1.02. The van der Waals surface area contributed by atoms with E-state index in [4.69, 9.17) is 9.47 Å². The van der Waals surface area contributed by atoms with E-state index in [-0.39, 0.29) is 11.5 Å². The number of ether oxygens (including phenoxy) is 2. The van der Waals surface area contributed by atoms with Gasteiger partial charge in [-0.2, -0.15) is 0 Å². The van der Waals surface area contributed by atoms with Gasteiger partial charge in [0.15, 0.2) is 0 Å². The van der Waals surface area contributed by atoms with Gasteiger partial charge in [-0.25, -0.2) is 4.98 Å². The zero-order valence-electron chi connectivity index (χ0n) is 15.0. The van der Waals surface area contributed by atoms with Gasteiger partial charge in [-0.1, -0.05) is 0 Å². The monoisotopic (exact) mass is 373 g/mol. The van der Waals surface area contributed by atoms with Crippen LogP contribution in [-0.2, 0) is 6.54 Å². The van der Waals surface area contributed by atoms with Crippen LogP contribution in [0.5, 0.6) is 11.5 Å². The number of methoxy groups -OCH3 is 2. The fraction of sp³-hybridized carbons (Fsp3) is 0.278. The predicted octanol–water partition coefficient (Wildman–Crippen LogP) is 3.06. The Bertz CT molecular complexity index is 1040. The van der Waals surface area contributed by atoms with E-state index in [1.165, 1.54) is 29.3 Å². The largest absolute Gasteiger partial charge is 0.497 e. The first-order valence-electron chi connectivity index (χ1n) is 8.02. The second-order valence-corrected chi connectivity index (χ2v) is 6.59. The number of carbonyl (C=O) groups excluding carboxylic acids is 1. The summed E-state index contributed by atoms with van der Waals surface area (Å²) >= 11 is 1.20. The van der Waals surface area contributed by atoms with E-state index in [1.54, 1.807) is 32.2 Å². The molecule has 1 aromatic carbocycles. The molecule has 7 nitrogen and oxygen atoms in total. The molecule has 0 atom stereocenters. The third kappa shape index (κ3) is 3.03. The molecule has 0 bridgehead atoms. The Morgan fingerprint density at radius 1 is 1.31 bits per heavy atom. The Morgan fingerprint density at radius 3 is 2.73 bits per heavy atom. The molecule has 0 fully saturated rings. The molecule has 8 heteroatoms. The number of fused-ring (bicyclic) bond motifs is 1. The van der Waals surface area contributed by atoms with Crippen molar-refractivity contribution in [2.24, 2.45) is 0 Å². The van der Waals surface area contributed by atoms with Crippen molar-refractivity contribution in [2.75, 3.05) is 19.5 Å². The number of rotatable bonds is 5. The van der Waals surface area contributed by atoms with Crippen LogP contribution in [0.1, 0.15) is 22.2 Å². The van der Waals surface area contributed by atoms with Crippen LogP contribution >= 0.6 is 11.3 Å². The summed E-state index contributed by atoms with van der Waals surface area (Å²) < 4.78 is 12.0. The molecular formula is C18H19N3O4S. The second-order valence-electron chi connectivity index (χ2n) is 5.59. The van der Waals surface area contributed by atoms with Gasteiger partial charge in [0.05, 0.1) is 36.5 Å². The number of aryl methyl sites for hydroxylation is 2. The number of nitrogens with one attached hydrogen (secondary N) is 1. The minimum atomic E-state index is -0.309. The lowest BCUT2D eigenvalue weighted by molar-refractivity contribution is 0.102. The van der Waals surface area contributed by atoms with E-state index < -0.39 is 0 Å². The quantitative estimate of drug-likeness (QED) is 0.743. The number of benzene rings is 1. The number of thiophene rings is 1. The lowest BCUT2D eigenvalue weighted by Gasteiger charge is -2.11. The summed E-state index contributed by atoms with van der Waals surface area (Å²) in [5.74, 6) is 0.807. The Balaban J connectivity index is 2.00. The molecule has 0 aliphatic heterocycles. The van der Waals surface area contributed by atoms with Crippen molar-refractivity contribution in [3.05, 3.63) is 45.3 Å². The van der Waals surface area contributed by atoms with E-state index in [9.17, 15) is 9.59 Å². The van der Waals surface area contributed by atoms with Crippen molar-refractivity contribution < 1.29 is 14.3 Å². The lowest BCUT2D eigenvalue weighted by Crippen LogP contribution is -2.19. The topological polar surface area (TPSA) is 82.5 Å². The van der Waals surface area contributed by atoms with Crippen molar-refractivity contribution in [3.8, 4) is 11.5 Å². The highest BCUT2D eigenvalue weighted by atomic mass is 32.1. The van der Waals surface area contributed by atoms with E-state index in [2.05, 4.69) is 10.3 Å². The maximum absolute atomic E-state index is 12.8. The number of anilines is 1. The van der Waals surface area contributed by atoms with Crippen LogP contribution in [-0.4, -0.2) is 29.7 Å². The second kappa shape index (κ2) is 7.17. The van der Waals surface area contributed by atoms with Crippen molar-refractivity contribution in [1.29, 1.82) is 0 Å². The van der Waals surface area contributed by atoms with Gasteiger partial charge < -0.3 is 14.8 Å². The smallest absolute Gasteiger partial charge is 0.266 e. The summed E-state index contributed by atoms with van der Waals surface area (Å²) in [7, 11) is 3.08. The highest BCUT2D eigenvalue weighted by Crippen LogP contribution is 2.32. The fourth-order valence-electron chi connectivity index (χ4n) is 2.68. The van der Waals surface area contributed by atoms with Gasteiger partial charge in [0, 0.05) is 12.6 Å². The maximum Gasteiger partial charge on any atom is 0.266 e. The van der Waals surface area contributed by atoms with Gasteiger partial charge in [-0.15, -0.1) is 11.3 Å². The lowest BCUT2D eigenvalue weighted by atomic mass is 10.2. The number of nitrogens with zero attached hydrogens (tertiary/aromatic N) is 2. The molecule has 1 N–H and O–H groups in total. The molecule has 0 unspecified atom stereocenters. The fourth-order valence-corrected chi connectivity index (χ4v) is 3.72. The van der Waals surface area contributed by atoms with Gasteiger partial charge in [0.2, 0.25) is 0 Å². The molecule has 0 saturated heterocycles. The third-order valence-electron chi connectivity index (χ3n) is 4.12. The number of hydrogen-bond donors (Lipinski definition) is 1. The standard InChI is InChI=1S/C18H19N3O4S/c1-5-21-9-19-17-14(18(21)23)10(2)15(26-17)16(22)20-12-7-6-11(24-3)8-13(12)25-4/h6-9H,5H2,1-4H3,(H,20,22). The Labute approximate surface area is 154 Å². The molecular weight excluding hydrogens is 354 g/mol. The summed E-state index contributed by atoms with van der Waals surface area (Å²) in [6.07, 6.45) is 1.51. The van der Waals surface area contributed by atoms with E-state index in [1.807, 2.05) is 6.92 Å². The van der Waals surface area contributed by atoms with Crippen LogP contribution in [0.2, 0.25) is 0 Å². The predicted molar refractivity (Wildman–Crippen MR) is 102 cm³/mol. The van der Waals surface area contributed by atoms with Crippen molar-refractivity contribution in [3.63, 3.8) is 0 Å². The number of carbonyl (C=O) groups is 1. The number of aromatic nitrogens is 2. The van der Waals surface area contributed by atoms with E-state index in [0.29, 0.717) is 44.4 Å². The SMILES string of the molecule is CCn1cnc2sc(C(=O)Nc3ccc(OC)cc3OC)c(C)c2c1=O. The molecule has 1 amide bonds. The summed E-state index contributed by atoms with van der Waals surface area (Å²) in [6, 6.07) is 5.13. The zero-order chi connectivity index (χ0) is 18.8. The van der Waals surface area contributed by atoms with Crippen molar-refractivity contribution in [1.82, 2.24) is 9.55 Å². The third-order valence-corrected chi connectivity index (χ3v) is 5.32. The van der Waals surface area contributed by atoms with Crippen LogP contribution in [0.4, 0.5) is 5.69 Å². The van der Waals surface area contributed by atoms with Crippen molar-refractivity contribution >= 4 is 33.1 Å². The highest BCUT2D eigenvalue weighted by Gasteiger charge is 2.20. The Kier molecular flexibility index (Phi) is 4.94. The first-order chi connectivity index (χ1) is 12.5. The number of amides is 1. The van der Waals surface area contributed by atoms with Crippen LogP contribution in [0.3, 0.4) is 0 Å². The molecule has 0 saturated carbocycles. The highest BCUT2D eigenvalue weighted by molar-refractivity contribution is 7.20. The summed E-state index contributed by atoms with van der Waals surface area (Å²) in [5, 5.41) is 3.33. The van der Waals surface area contributed by atoms with Crippen molar-refractivity contribution in [2.45, 2.75) is 20.4 Å². The van der Waals surface area contributed by atoms with Crippen LogP contribution in [0.15, 0.2) is 29.3 Å². The normalized spacial score (nSPS) is 10.8. The molecule has 3 rings (SSSR count). The minimum Gasteiger partial charge on any atom is -0.497 e. The van der Waals surface area contributed by atoms with Gasteiger partial charge in [-0.3, -0.25) is 14.2 Å². The van der Waals surface area contributed by atoms with Crippen LogP contribution in [0, 0.1) is 6.92 Å². The number of hydrogen-bond acceptors (Lipinski definition) is 6. The maximum atomic E-state index is 12.8.